The number of aromatic carboxylic acids is 1. The number of aromatic nitrogens is 2. The molecule has 6 heteroatoms. The molecule has 0 unspecified atom stereocenters. The first-order chi connectivity index (χ1) is 11.5. The lowest BCUT2D eigenvalue weighted by Gasteiger charge is -2.04. The second-order valence-electron chi connectivity index (χ2n) is 5.38. The van der Waals surface area contributed by atoms with E-state index in [-0.39, 0.29) is 22.7 Å². The van der Waals surface area contributed by atoms with Crippen LogP contribution in [-0.2, 0) is 0 Å². The molecule has 24 heavy (non-hydrogen) atoms. The number of phenols is 1. The van der Waals surface area contributed by atoms with Gasteiger partial charge in [0.15, 0.2) is 5.78 Å². The molecule has 6 nitrogen and oxygen atoms in total. The summed E-state index contributed by atoms with van der Waals surface area (Å²) in [6.45, 7) is 1.83. The quantitative estimate of drug-likeness (QED) is 0.721. The molecule has 0 aliphatic rings. The van der Waals surface area contributed by atoms with Crippen LogP contribution < -0.4 is 0 Å². The fourth-order valence-corrected chi connectivity index (χ4v) is 2.35. The van der Waals surface area contributed by atoms with Crippen molar-refractivity contribution in [3.05, 3.63) is 77.1 Å². The van der Waals surface area contributed by atoms with Crippen molar-refractivity contribution in [2.45, 2.75) is 6.92 Å². The number of carboxylic acids is 1. The molecule has 0 aliphatic heterocycles. The van der Waals surface area contributed by atoms with Crippen molar-refractivity contribution in [2.24, 2.45) is 0 Å². The molecular weight excluding hydrogens is 308 g/mol. The van der Waals surface area contributed by atoms with Crippen molar-refractivity contribution in [1.29, 1.82) is 0 Å². The normalized spacial score (nSPS) is 10.5. The zero-order valence-electron chi connectivity index (χ0n) is 12.8. The van der Waals surface area contributed by atoms with E-state index in [2.05, 4.69) is 5.10 Å². The molecule has 0 radical (unpaired) electrons. The molecule has 3 aromatic rings. The fourth-order valence-electron chi connectivity index (χ4n) is 2.35. The fraction of sp³-hybridized carbons (Fsp3) is 0.0556. The minimum atomic E-state index is -1.04. The van der Waals surface area contributed by atoms with E-state index in [1.54, 1.807) is 24.3 Å². The number of carbonyl (C=O) groups excluding carboxylic acids is 1. The summed E-state index contributed by atoms with van der Waals surface area (Å²) >= 11 is 0. The second-order valence-corrected chi connectivity index (χ2v) is 5.38. The Hall–Kier alpha value is -3.41. The third-order valence-electron chi connectivity index (χ3n) is 3.60. The van der Waals surface area contributed by atoms with Crippen molar-refractivity contribution in [3.63, 3.8) is 0 Å². The number of ketones is 1. The van der Waals surface area contributed by atoms with Gasteiger partial charge in [-0.3, -0.25) is 4.79 Å². The molecular formula is C18H14N2O4. The Morgan fingerprint density at radius 2 is 1.88 bits per heavy atom. The first kappa shape index (κ1) is 15.5. The Kier molecular flexibility index (Phi) is 3.87. The number of rotatable bonds is 4. The monoisotopic (exact) mass is 322 g/mol. The van der Waals surface area contributed by atoms with Crippen LogP contribution in [0.5, 0.6) is 5.75 Å². The van der Waals surface area contributed by atoms with Gasteiger partial charge in [-0.25, -0.2) is 9.48 Å². The van der Waals surface area contributed by atoms with Gasteiger partial charge in [-0.05, 0) is 37.3 Å². The highest BCUT2D eigenvalue weighted by Crippen LogP contribution is 2.22. The Morgan fingerprint density at radius 3 is 2.62 bits per heavy atom. The van der Waals surface area contributed by atoms with Crippen LogP contribution in [0.1, 0.15) is 31.8 Å². The zero-order valence-corrected chi connectivity index (χ0v) is 12.8. The molecule has 0 saturated heterocycles. The number of hydrogen-bond donors (Lipinski definition) is 2. The zero-order chi connectivity index (χ0) is 17.3. The summed E-state index contributed by atoms with van der Waals surface area (Å²) in [5.41, 5.74) is 2.03. The summed E-state index contributed by atoms with van der Waals surface area (Å²) in [5.74, 6) is -1.48. The van der Waals surface area contributed by atoms with Crippen LogP contribution in [0, 0.1) is 6.92 Å². The van der Waals surface area contributed by atoms with Crippen LogP contribution in [0.25, 0.3) is 5.69 Å². The van der Waals surface area contributed by atoms with Gasteiger partial charge in [-0.2, -0.15) is 5.10 Å². The van der Waals surface area contributed by atoms with Gasteiger partial charge in [0.2, 0.25) is 0 Å². The molecule has 0 atom stereocenters. The molecule has 1 aromatic heterocycles. The standard InChI is InChI=1S/C18H14N2O4/c1-11-5-6-16(21)15(7-11)17(22)13-9-19-20(10-13)14-4-2-3-12(8-14)18(23)24/h2-10,21H,1H3,(H,23,24). The van der Waals surface area contributed by atoms with Crippen LogP contribution >= 0.6 is 0 Å². The largest absolute Gasteiger partial charge is 0.507 e. The lowest BCUT2D eigenvalue weighted by Crippen LogP contribution is -2.02. The van der Waals surface area contributed by atoms with E-state index in [0.29, 0.717) is 11.3 Å². The van der Waals surface area contributed by atoms with Gasteiger partial charge < -0.3 is 10.2 Å². The predicted octanol–water partition coefficient (Wildman–Crippen LogP) is 2.82. The van der Waals surface area contributed by atoms with Gasteiger partial charge in [0.05, 0.1) is 28.6 Å². The average Bonchev–Trinajstić information content (AvgIpc) is 3.06. The van der Waals surface area contributed by atoms with Crippen molar-refractivity contribution < 1.29 is 19.8 Å². The number of hydrogen-bond acceptors (Lipinski definition) is 4. The number of nitrogens with zero attached hydrogens (tertiary/aromatic N) is 2. The van der Waals surface area contributed by atoms with E-state index >= 15 is 0 Å². The van der Waals surface area contributed by atoms with Crippen molar-refractivity contribution in [2.75, 3.05) is 0 Å². The number of aromatic hydroxyl groups is 1. The molecule has 0 spiro atoms. The van der Waals surface area contributed by atoms with Gasteiger partial charge in [-0.15, -0.1) is 0 Å². The molecule has 0 saturated carbocycles. The van der Waals surface area contributed by atoms with Crippen LogP contribution in [0.15, 0.2) is 54.9 Å². The molecule has 0 amide bonds. The van der Waals surface area contributed by atoms with Gasteiger partial charge in [-0.1, -0.05) is 17.7 Å². The minimum absolute atomic E-state index is 0.0915. The smallest absolute Gasteiger partial charge is 0.335 e. The highest BCUT2D eigenvalue weighted by molar-refractivity contribution is 6.10. The van der Waals surface area contributed by atoms with E-state index in [1.165, 1.54) is 35.3 Å². The summed E-state index contributed by atoms with van der Waals surface area (Å²) in [4.78, 5) is 23.6. The number of benzene rings is 2. The van der Waals surface area contributed by atoms with Crippen molar-refractivity contribution in [1.82, 2.24) is 9.78 Å². The maximum absolute atomic E-state index is 12.5. The maximum atomic E-state index is 12.5. The molecule has 0 aliphatic carbocycles. The summed E-state index contributed by atoms with van der Waals surface area (Å²) < 4.78 is 1.42. The van der Waals surface area contributed by atoms with Gasteiger partial charge in [0, 0.05) is 6.20 Å². The molecule has 0 fully saturated rings. The van der Waals surface area contributed by atoms with Gasteiger partial charge in [0.1, 0.15) is 5.75 Å². The first-order valence-corrected chi connectivity index (χ1v) is 7.18. The van der Waals surface area contributed by atoms with Crippen molar-refractivity contribution >= 4 is 11.8 Å². The summed E-state index contributed by atoms with van der Waals surface area (Å²) in [5, 5.41) is 23.0. The van der Waals surface area contributed by atoms with E-state index in [0.717, 1.165) is 5.56 Å². The predicted molar refractivity (Wildman–Crippen MR) is 86.8 cm³/mol. The summed E-state index contributed by atoms with van der Waals surface area (Å²) in [6, 6.07) is 11.0. The van der Waals surface area contributed by atoms with E-state index in [1.807, 2.05) is 6.92 Å². The van der Waals surface area contributed by atoms with Crippen molar-refractivity contribution in [3.8, 4) is 11.4 Å². The molecule has 2 aromatic carbocycles. The van der Waals surface area contributed by atoms with E-state index in [4.69, 9.17) is 5.11 Å². The molecule has 2 N–H and O–H groups in total. The third kappa shape index (κ3) is 2.89. The third-order valence-corrected chi connectivity index (χ3v) is 3.60. The first-order valence-electron chi connectivity index (χ1n) is 7.18. The molecule has 3 rings (SSSR count). The number of aryl methyl sites for hydroxylation is 1. The number of phenolic OH excluding ortho intramolecular Hbond substituents is 1. The lowest BCUT2D eigenvalue weighted by molar-refractivity contribution is 0.0696. The van der Waals surface area contributed by atoms with Crippen LogP contribution in [0.3, 0.4) is 0 Å². The number of carboxylic acid groups (broad SMARTS) is 1. The average molecular weight is 322 g/mol. The van der Waals surface area contributed by atoms with Gasteiger partial charge >= 0.3 is 5.97 Å². The summed E-state index contributed by atoms with van der Waals surface area (Å²) in [6.07, 6.45) is 2.89. The van der Waals surface area contributed by atoms with Crippen LogP contribution in [0.2, 0.25) is 0 Å². The Morgan fingerprint density at radius 1 is 1.08 bits per heavy atom. The van der Waals surface area contributed by atoms with E-state index in [9.17, 15) is 14.7 Å². The Bertz CT molecular complexity index is 944. The SMILES string of the molecule is Cc1ccc(O)c(C(=O)c2cnn(-c3cccc(C(=O)O)c3)c2)c1. The minimum Gasteiger partial charge on any atom is -0.507 e. The molecule has 120 valence electrons. The van der Waals surface area contributed by atoms with Crippen LogP contribution in [0.4, 0.5) is 0 Å². The highest BCUT2D eigenvalue weighted by atomic mass is 16.4. The van der Waals surface area contributed by atoms with Gasteiger partial charge in [0.25, 0.3) is 0 Å². The highest BCUT2D eigenvalue weighted by Gasteiger charge is 2.16. The van der Waals surface area contributed by atoms with Crippen LogP contribution in [-0.4, -0.2) is 31.7 Å². The Labute approximate surface area is 137 Å². The second kappa shape index (κ2) is 6.00. The lowest BCUT2D eigenvalue weighted by atomic mass is 10.0. The molecule has 0 bridgehead atoms. The number of carbonyl (C=O) groups is 2. The summed E-state index contributed by atoms with van der Waals surface area (Å²) in [7, 11) is 0. The Balaban J connectivity index is 1.96. The topological polar surface area (TPSA) is 92.4 Å². The van der Waals surface area contributed by atoms with E-state index < -0.39 is 5.97 Å². The molecule has 1 heterocycles. The maximum Gasteiger partial charge on any atom is 0.335 e.